The van der Waals surface area contributed by atoms with Crippen molar-refractivity contribution in [2.24, 2.45) is 0 Å². The molecule has 1 aromatic heterocycles. The Bertz CT molecular complexity index is 661. The van der Waals surface area contributed by atoms with E-state index >= 15 is 0 Å². The van der Waals surface area contributed by atoms with Crippen molar-refractivity contribution >= 4 is 33.3 Å². The minimum absolute atomic E-state index is 0.159. The summed E-state index contributed by atoms with van der Waals surface area (Å²) in [5.74, 6) is -0.640. The van der Waals surface area contributed by atoms with E-state index in [1.165, 1.54) is 0 Å². The number of hydrogen-bond donors (Lipinski definition) is 2. The lowest BCUT2D eigenvalue weighted by Gasteiger charge is -2.11. The summed E-state index contributed by atoms with van der Waals surface area (Å²) in [4.78, 5) is 16.1. The second kappa shape index (κ2) is 6.00. The summed E-state index contributed by atoms with van der Waals surface area (Å²) in [5, 5.41) is 5.52. The van der Waals surface area contributed by atoms with Crippen LogP contribution in [0.3, 0.4) is 0 Å². The Morgan fingerprint density at radius 2 is 2.15 bits per heavy atom. The van der Waals surface area contributed by atoms with E-state index in [4.69, 9.17) is 0 Å². The summed E-state index contributed by atoms with van der Waals surface area (Å²) in [5.41, 5.74) is 1.72. The Kier molecular flexibility index (Phi) is 4.34. The van der Waals surface area contributed by atoms with Crippen LogP contribution >= 0.6 is 15.9 Å². The fourth-order valence-corrected chi connectivity index (χ4v) is 2.11. The smallest absolute Gasteiger partial charge is 0.259 e. The van der Waals surface area contributed by atoms with E-state index in [2.05, 4.69) is 31.5 Å². The lowest BCUT2D eigenvalue weighted by atomic mass is 10.2. The number of carbonyl (C=O) groups excluding carboxylic acids is 1. The molecule has 2 rings (SSSR count). The highest BCUT2D eigenvalue weighted by atomic mass is 79.9. The molecule has 0 aliphatic heterocycles. The number of carbonyl (C=O) groups is 1. The van der Waals surface area contributed by atoms with Crippen LogP contribution in [-0.2, 0) is 0 Å². The first-order valence-corrected chi connectivity index (χ1v) is 6.72. The van der Waals surface area contributed by atoms with Crippen LogP contribution < -0.4 is 10.6 Å². The Labute approximate surface area is 124 Å². The Hall–Kier alpha value is -1.95. The van der Waals surface area contributed by atoms with E-state index in [0.717, 1.165) is 22.3 Å². The molecule has 0 spiro atoms. The van der Waals surface area contributed by atoms with Crippen molar-refractivity contribution < 1.29 is 9.18 Å². The molecule has 0 fully saturated rings. The SMILES string of the molecule is CNc1ncc(F)cc1C(=O)Nc1cccc(Br)c1C. The topological polar surface area (TPSA) is 54.0 Å². The van der Waals surface area contributed by atoms with Crippen molar-refractivity contribution in [3.8, 4) is 0 Å². The van der Waals surface area contributed by atoms with Gasteiger partial charge < -0.3 is 10.6 Å². The first-order chi connectivity index (χ1) is 9.52. The number of aromatic nitrogens is 1. The molecular weight excluding hydrogens is 325 g/mol. The van der Waals surface area contributed by atoms with Crippen LogP contribution in [0.5, 0.6) is 0 Å². The number of nitrogens with zero attached hydrogens (tertiary/aromatic N) is 1. The van der Waals surface area contributed by atoms with Gasteiger partial charge in [-0.3, -0.25) is 4.79 Å². The molecule has 20 heavy (non-hydrogen) atoms. The van der Waals surface area contributed by atoms with Crippen LogP contribution in [0.15, 0.2) is 34.9 Å². The van der Waals surface area contributed by atoms with Crippen molar-refractivity contribution in [3.05, 3.63) is 51.9 Å². The summed E-state index contributed by atoms with van der Waals surface area (Å²) in [6.45, 7) is 1.88. The molecule has 0 unspecified atom stereocenters. The van der Waals surface area contributed by atoms with Crippen LogP contribution in [0.1, 0.15) is 15.9 Å². The summed E-state index contributed by atoms with van der Waals surface area (Å²) in [6, 6.07) is 6.63. The number of benzene rings is 1. The molecular formula is C14H13BrFN3O. The van der Waals surface area contributed by atoms with Gasteiger partial charge in [0.1, 0.15) is 11.6 Å². The van der Waals surface area contributed by atoms with E-state index in [0.29, 0.717) is 11.5 Å². The summed E-state index contributed by atoms with van der Waals surface area (Å²) in [7, 11) is 1.63. The predicted molar refractivity (Wildman–Crippen MR) is 80.6 cm³/mol. The Balaban J connectivity index is 2.33. The molecule has 0 aliphatic carbocycles. The van der Waals surface area contributed by atoms with Crippen molar-refractivity contribution in [2.45, 2.75) is 6.92 Å². The highest BCUT2D eigenvalue weighted by molar-refractivity contribution is 9.10. The van der Waals surface area contributed by atoms with Crippen LogP contribution in [0, 0.1) is 12.7 Å². The molecule has 2 N–H and O–H groups in total. The largest absolute Gasteiger partial charge is 0.372 e. The number of anilines is 2. The number of amides is 1. The number of halogens is 2. The van der Waals surface area contributed by atoms with Gasteiger partial charge in [-0.2, -0.15) is 0 Å². The van der Waals surface area contributed by atoms with E-state index in [1.807, 2.05) is 19.1 Å². The third-order valence-corrected chi connectivity index (χ3v) is 3.71. The van der Waals surface area contributed by atoms with E-state index in [1.54, 1.807) is 13.1 Å². The monoisotopic (exact) mass is 337 g/mol. The summed E-state index contributed by atoms with van der Waals surface area (Å²) in [6.07, 6.45) is 1.06. The van der Waals surface area contributed by atoms with Crippen LogP contribution in [0.2, 0.25) is 0 Å². The molecule has 2 aromatic rings. The van der Waals surface area contributed by atoms with Gasteiger partial charge in [-0.1, -0.05) is 22.0 Å². The van der Waals surface area contributed by atoms with Crippen LogP contribution in [-0.4, -0.2) is 17.9 Å². The number of pyridine rings is 1. The zero-order chi connectivity index (χ0) is 14.7. The second-order valence-corrected chi connectivity index (χ2v) is 5.02. The van der Waals surface area contributed by atoms with E-state index in [-0.39, 0.29) is 5.56 Å². The molecule has 0 saturated carbocycles. The second-order valence-electron chi connectivity index (χ2n) is 4.17. The molecule has 0 aliphatic rings. The van der Waals surface area contributed by atoms with Crippen molar-refractivity contribution in [3.63, 3.8) is 0 Å². The van der Waals surface area contributed by atoms with Gasteiger partial charge in [0.2, 0.25) is 0 Å². The average molecular weight is 338 g/mol. The van der Waals surface area contributed by atoms with Crippen LogP contribution in [0.4, 0.5) is 15.9 Å². The van der Waals surface area contributed by atoms with Gasteiger partial charge in [0.25, 0.3) is 5.91 Å². The zero-order valence-corrected chi connectivity index (χ0v) is 12.6. The Morgan fingerprint density at radius 1 is 1.40 bits per heavy atom. The van der Waals surface area contributed by atoms with E-state index in [9.17, 15) is 9.18 Å². The van der Waals surface area contributed by atoms with Crippen molar-refractivity contribution in [2.75, 3.05) is 17.7 Å². The zero-order valence-electron chi connectivity index (χ0n) is 11.0. The minimum Gasteiger partial charge on any atom is -0.372 e. The van der Waals surface area contributed by atoms with E-state index < -0.39 is 11.7 Å². The molecule has 104 valence electrons. The van der Waals surface area contributed by atoms with Crippen molar-refractivity contribution in [1.29, 1.82) is 0 Å². The van der Waals surface area contributed by atoms with Gasteiger partial charge in [0.15, 0.2) is 0 Å². The summed E-state index contributed by atoms with van der Waals surface area (Å²) >= 11 is 3.40. The fraction of sp³-hybridized carbons (Fsp3) is 0.143. The molecule has 1 heterocycles. The quantitative estimate of drug-likeness (QED) is 0.899. The predicted octanol–water partition coefficient (Wildman–Crippen LogP) is 3.59. The minimum atomic E-state index is -0.555. The highest BCUT2D eigenvalue weighted by Crippen LogP contribution is 2.24. The maximum absolute atomic E-state index is 13.2. The molecule has 4 nitrogen and oxygen atoms in total. The summed E-state index contributed by atoms with van der Waals surface area (Å²) < 4.78 is 14.1. The third-order valence-electron chi connectivity index (χ3n) is 2.85. The average Bonchev–Trinajstić information content (AvgIpc) is 2.43. The van der Waals surface area contributed by atoms with Gasteiger partial charge in [-0.15, -0.1) is 0 Å². The molecule has 1 aromatic carbocycles. The van der Waals surface area contributed by atoms with Crippen molar-refractivity contribution in [1.82, 2.24) is 4.98 Å². The molecule has 1 amide bonds. The van der Waals surface area contributed by atoms with Gasteiger partial charge in [0.05, 0.1) is 11.8 Å². The maximum Gasteiger partial charge on any atom is 0.259 e. The number of nitrogens with one attached hydrogen (secondary N) is 2. The normalized spacial score (nSPS) is 10.2. The lowest BCUT2D eigenvalue weighted by molar-refractivity contribution is 0.102. The standard InChI is InChI=1S/C14H13BrFN3O/c1-8-11(15)4-3-5-12(8)19-14(20)10-6-9(16)7-18-13(10)17-2/h3-7H,1-2H3,(H,17,18)(H,19,20). The lowest BCUT2D eigenvalue weighted by Crippen LogP contribution is -2.16. The third kappa shape index (κ3) is 2.96. The Morgan fingerprint density at radius 3 is 2.85 bits per heavy atom. The number of rotatable bonds is 3. The molecule has 6 heteroatoms. The maximum atomic E-state index is 13.2. The molecule has 0 atom stereocenters. The first kappa shape index (κ1) is 14.5. The highest BCUT2D eigenvalue weighted by Gasteiger charge is 2.14. The van der Waals surface area contributed by atoms with Gasteiger partial charge in [0, 0.05) is 17.2 Å². The van der Waals surface area contributed by atoms with Gasteiger partial charge in [-0.25, -0.2) is 9.37 Å². The first-order valence-electron chi connectivity index (χ1n) is 5.92. The molecule has 0 bridgehead atoms. The molecule has 0 saturated heterocycles. The van der Waals surface area contributed by atoms with Gasteiger partial charge >= 0.3 is 0 Å². The number of hydrogen-bond acceptors (Lipinski definition) is 3. The van der Waals surface area contributed by atoms with Crippen LogP contribution in [0.25, 0.3) is 0 Å². The molecule has 0 radical (unpaired) electrons. The fourth-order valence-electron chi connectivity index (χ4n) is 1.74. The van der Waals surface area contributed by atoms with Gasteiger partial charge in [-0.05, 0) is 30.7 Å².